The van der Waals surface area contributed by atoms with Gasteiger partial charge in [0.25, 0.3) is 0 Å². The zero-order valence-electron chi connectivity index (χ0n) is 8.35. The monoisotopic (exact) mass is 190 g/mol. The molecule has 0 spiro atoms. The standard InChI is InChI=1S/C10H14N4/c1-11-8-9-10(13-5-4-12-9)14-6-2-3-7-14/h4-5,8H,2-3,6-7H2,1H3. The Balaban J connectivity index is 2.30. The van der Waals surface area contributed by atoms with Crippen LogP contribution < -0.4 is 4.90 Å². The molecule has 0 saturated carbocycles. The molecule has 1 aromatic rings. The van der Waals surface area contributed by atoms with Gasteiger partial charge in [0.05, 0.1) is 6.21 Å². The van der Waals surface area contributed by atoms with Crippen LogP contribution in [0, 0.1) is 0 Å². The summed E-state index contributed by atoms with van der Waals surface area (Å²) in [6, 6.07) is 0. The fourth-order valence-electron chi connectivity index (χ4n) is 1.73. The highest BCUT2D eigenvalue weighted by atomic mass is 15.2. The van der Waals surface area contributed by atoms with E-state index in [4.69, 9.17) is 0 Å². The van der Waals surface area contributed by atoms with Gasteiger partial charge in [0, 0.05) is 32.5 Å². The molecule has 0 N–H and O–H groups in total. The first-order valence-electron chi connectivity index (χ1n) is 4.90. The number of aromatic nitrogens is 2. The lowest BCUT2D eigenvalue weighted by atomic mass is 10.4. The summed E-state index contributed by atoms with van der Waals surface area (Å²) in [4.78, 5) is 14.9. The molecule has 0 unspecified atom stereocenters. The number of nitrogens with zero attached hydrogens (tertiary/aromatic N) is 4. The molecule has 0 amide bonds. The summed E-state index contributed by atoms with van der Waals surface area (Å²) in [7, 11) is 1.75. The highest BCUT2D eigenvalue weighted by molar-refractivity contribution is 5.83. The number of anilines is 1. The van der Waals surface area contributed by atoms with Gasteiger partial charge in [-0.15, -0.1) is 0 Å². The van der Waals surface area contributed by atoms with E-state index in [1.54, 1.807) is 25.7 Å². The van der Waals surface area contributed by atoms with Crippen LogP contribution in [0.3, 0.4) is 0 Å². The zero-order chi connectivity index (χ0) is 9.80. The van der Waals surface area contributed by atoms with Crippen molar-refractivity contribution >= 4 is 12.0 Å². The van der Waals surface area contributed by atoms with Crippen molar-refractivity contribution in [3.8, 4) is 0 Å². The van der Waals surface area contributed by atoms with Crippen LogP contribution in [-0.4, -0.2) is 36.3 Å². The molecule has 0 atom stereocenters. The number of rotatable bonds is 2. The van der Waals surface area contributed by atoms with Gasteiger partial charge in [0.2, 0.25) is 0 Å². The number of hydrogen-bond acceptors (Lipinski definition) is 4. The molecular weight excluding hydrogens is 176 g/mol. The van der Waals surface area contributed by atoms with Crippen molar-refractivity contribution in [2.45, 2.75) is 12.8 Å². The van der Waals surface area contributed by atoms with Gasteiger partial charge in [-0.1, -0.05) is 0 Å². The lowest BCUT2D eigenvalue weighted by molar-refractivity contribution is 0.923. The van der Waals surface area contributed by atoms with Gasteiger partial charge in [-0.25, -0.2) is 9.97 Å². The van der Waals surface area contributed by atoms with Gasteiger partial charge in [-0.2, -0.15) is 0 Å². The largest absolute Gasteiger partial charge is 0.355 e. The number of hydrogen-bond donors (Lipinski definition) is 0. The van der Waals surface area contributed by atoms with E-state index in [2.05, 4.69) is 19.9 Å². The maximum atomic E-state index is 4.35. The molecule has 0 radical (unpaired) electrons. The minimum atomic E-state index is 0.872. The average Bonchev–Trinajstić information content (AvgIpc) is 2.72. The molecule has 1 aliphatic heterocycles. The van der Waals surface area contributed by atoms with Crippen LogP contribution in [-0.2, 0) is 0 Å². The second kappa shape index (κ2) is 4.17. The van der Waals surface area contributed by atoms with E-state index < -0.39 is 0 Å². The van der Waals surface area contributed by atoms with E-state index >= 15 is 0 Å². The quantitative estimate of drug-likeness (QED) is 0.656. The molecule has 1 aliphatic rings. The topological polar surface area (TPSA) is 41.4 Å². The average molecular weight is 190 g/mol. The van der Waals surface area contributed by atoms with Gasteiger partial charge in [0.15, 0.2) is 5.82 Å². The van der Waals surface area contributed by atoms with Crippen molar-refractivity contribution in [1.82, 2.24) is 9.97 Å². The fraction of sp³-hybridized carbons (Fsp3) is 0.500. The molecule has 2 rings (SSSR count). The van der Waals surface area contributed by atoms with Crippen molar-refractivity contribution in [3.63, 3.8) is 0 Å². The maximum absolute atomic E-state index is 4.35. The summed E-state index contributed by atoms with van der Waals surface area (Å²) in [5.41, 5.74) is 0.872. The van der Waals surface area contributed by atoms with Crippen LogP contribution in [0.1, 0.15) is 18.5 Å². The van der Waals surface area contributed by atoms with Crippen LogP contribution in [0.5, 0.6) is 0 Å². The smallest absolute Gasteiger partial charge is 0.156 e. The Morgan fingerprint density at radius 1 is 1.29 bits per heavy atom. The van der Waals surface area contributed by atoms with Crippen molar-refractivity contribution in [3.05, 3.63) is 18.1 Å². The molecular formula is C10H14N4. The molecule has 0 aliphatic carbocycles. The predicted molar refractivity (Wildman–Crippen MR) is 57.0 cm³/mol. The van der Waals surface area contributed by atoms with E-state index in [0.29, 0.717) is 0 Å². The van der Waals surface area contributed by atoms with E-state index in [9.17, 15) is 0 Å². The normalized spacial score (nSPS) is 16.8. The van der Waals surface area contributed by atoms with E-state index in [1.165, 1.54) is 12.8 Å². The summed E-state index contributed by atoms with van der Waals surface area (Å²) < 4.78 is 0. The minimum Gasteiger partial charge on any atom is -0.355 e. The molecule has 1 saturated heterocycles. The van der Waals surface area contributed by atoms with Gasteiger partial charge in [-0.05, 0) is 12.8 Å². The van der Waals surface area contributed by atoms with Crippen LogP contribution in [0.25, 0.3) is 0 Å². The van der Waals surface area contributed by atoms with Crippen molar-refractivity contribution in [1.29, 1.82) is 0 Å². The van der Waals surface area contributed by atoms with E-state index in [1.807, 2.05) is 0 Å². The first-order valence-corrected chi connectivity index (χ1v) is 4.90. The summed E-state index contributed by atoms with van der Waals surface area (Å²) in [5.74, 6) is 0.968. The lowest BCUT2D eigenvalue weighted by Gasteiger charge is -2.17. The Morgan fingerprint density at radius 2 is 2.00 bits per heavy atom. The minimum absolute atomic E-state index is 0.872. The molecule has 1 aromatic heterocycles. The Hall–Kier alpha value is -1.45. The van der Waals surface area contributed by atoms with Crippen molar-refractivity contribution in [2.75, 3.05) is 25.0 Å². The first kappa shape index (κ1) is 9.12. The molecule has 4 nitrogen and oxygen atoms in total. The molecule has 0 aromatic carbocycles. The Kier molecular flexibility index (Phi) is 2.72. The van der Waals surface area contributed by atoms with Gasteiger partial charge >= 0.3 is 0 Å². The molecule has 1 fully saturated rings. The Bertz CT molecular complexity index is 329. The van der Waals surface area contributed by atoms with Crippen molar-refractivity contribution < 1.29 is 0 Å². The summed E-state index contributed by atoms with van der Waals surface area (Å²) in [6.45, 7) is 2.17. The third kappa shape index (κ3) is 1.73. The molecule has 0 bridgehead atoms. The maximum Gasteiger partial charge on any atom is 0.156 e. The highest BCUT2D eigenvalue weighted by Gasteiger charge is 2.16. The van der Waals surface area contributed by atoms with Crippen LogP contribution in [0.4, 0.5) is 5.82 Å². The zero-order valence-corrected chi connectivity index (χ0v) is 8.35. The van der Waals surface area contributed by atoms with Crippen LogP contribution >= 0.6 is 0 Å². The fourth-order valence-corrected chi connectivity index (χ4v) is 1.73. The SMILES string of the molecule is CN=Cc1nccnc1N1CCCC1. The third-order valence-corrected chi connectivity index (χ3v) is 2.36. The van der Waals surface area contributed by atoms with Gasteiger partial charge in [0.1, 0.15) is 5.69 Å². The first-order chi connectivity index (χ1) is 6.92. The van der Waals surface area contributed by atoms with Crippen LogP contribution in [0.2, 0.25) is 0 Å². The summed E-state index contributed by atoms with van der Waals surface area (Å²) in [5, 5.41) is 0. The highest BCUT2D eigenvalue weighted by Crippen LogP contribution is 2.18. The Morgan fingerprint density at radius 3 is 2.71 bits per heavy atom. The molecule has 2 heterocycles. The second-order valence-corrected chi connectivity index (χ2v) is 3.35. The van der Waals surface area contributed by atoms with E-state index in [-0.39, 0.29) is 0 Å². The summed E-state index contributed by atoms with van der Waals surface area (Å²) in [6.07, 6.45) is 7.70. The number of aliphatic imine (C=N–C) groups is 1. The van der Waals surface area contributed by atoms with Crippen LogP contribution in [0.15, 0.2) is 17.4 Å². The van der Waals surface area contributed by atoms with Crippen molar-refractivity contribution in [2.24, 2.45) is 4.99 Å². The van der Waals surface area contributed by atoms with Gasteiger partial charge < -0.3 is 4.90 Å². The molecule has 14 heavy (non-hydrogen) atoms. The third-order valence-electron chi connectivity index (χ3n) is 2.36. The van der Waals surface area contributed by atoms with E-state index in [0.717, 1.165) is 24.6 Å². The molecule has 74 valence electrons. The summed E-state index contributed by atoms with van der Waals surface area (Å²) >= 11 is 0. The second-order valence-electron chi connectivity index (χ2n) is 3.35. The Labute approximate surface area is 83.7 Å². The van der Waals surface area contributed by atoms with Gasteiger partial charge in [-0.3, -0.25) is 4.99 Å². The lowest BCUT2D eigenvalue weighted by Crippen LogP contribution is -2.21. The molecule has 4 heteroatoms. The predicted octanol–water partition coefficient (Wildman–Crippen LogP) is 1.13.